The molecule has 0 aromatic carbocycles. The van der Waals surface area contributed by atoms with Crippen LogP contribution in [-0.2, 0) is 48.4 Å². The van der Waals surface area contributed by atoms with Crippen molar-refractivity contribution in [3.8, 4) is 0 Å². The molecule has 0 aliphatic rings. The van der Waals surface area contributed by atoms with Crippen LogP contribution in [0.2, 0.25) is 0 Å². The standard InChI is InChI=1S/2Cr.3H3O3P/c;;3*1-4(2)3/h;;3*4H,(H2,1,2,3)/q2*+3;;;/p-6. The van der Waals surface area contributed by atoms with Gasteiger partial charge in [0, 0.05) is 0 Å². The predicted octanol–water partition coefficient (Wildman–Crippen LogP) is -5.71. The maximum Gasteiger partial charge on any atom is 3.00 e. The van der Waals surface area contributed by atoms with Crippen molar-refractivity contribution in [3.63, 3.8) is 0 Å². The first-order chi connectivity index (χ1) is 5.20. The summed E-state index contributed by atoms with van der Waals surface area (Å²) in [6, 6.07) is 0. The molecule has 0 atom stereocenters. The summed E-state index contributed by atoms with van der Waals surface area (Å²) in [5.74, 6) is 0. The predicted molar refractivity (Wildman–Crippen MR) is 27.0 cm³/mol. The van der Waals surface area contributed by atoms with Gasteiger partial charge < -0.3 is 43.1 Å². The molecule has 0 bridgehead atoms. The molecule has 0 saturated heterocycles. The number of hydrogen-bond donors (Lipinski definition) is 0. The monoisotopic (exact) mass is 344 g/mol. The fourth-order valence-electron chi connectivity index (χ4n) is 0. The summed E-state index contributed by atoms with van der Waals surface area (Å²) in [7, 11) is -10.9. The molecule has 84 valence electrons. The Hall–Kier alpha value is 1.51. The van der Waals surface area contributed by atoms with E-state index in [1.54, 1.807) is 0 Å². The number of rotatable bonds is 0. The Morgan fingerprint density at radius 3 is 0.500 bits per heavy atom. The van der Waals surface area contributed by atoms with Gasteiger partial charge in [-0.1, -0.05) is 24.8 Å². The van der Waals surface area contributed by atoms with Crippen molar-refractivity contribution < 1.29 is 77.8 Å². The molecule has 14 heteroatoms. The first-order valence-electron chi connectivity index (χ1n) is 1.84. The van der Waals surface area contributed by atoms with Gasteiger partial charge in [0.05, 0.1) is 0 Å². The smallest absolute Gasteiger partial charge is 0.813 e. The summed E-state index contributed by atoms with van der Waals surface area (Å²) in [6.07, 6.45) is 0. The van der Waals surface area contributed by atoms with E-state index >= 15 is 0 Å². The summed E-state index contributed by atoms with van der Waals surface area (Å²) >= 11 is 0. The molecule has 0 aliphatic carbocycles. The summed E-state index contributed by atoms with van der Waals surface area (Å²) in [4.78, 5) is 51.1. The van der Waals surface area contributed by atoms with Crippen LogP contribution in [0.3, 0.4) is 0 Å². The van der Waals surface area contributed by atoms with Crippen LogP contribution in [-0.4, -0.2) is 0 Å². The van der Waals surface area contributed by atoms with E-state index in [2.05, 4.69) is 0 Å². The Balaban J connectivity index is -0.0000000270. The van der Waals surface area contributed by atoms with Crippen LogP contribution < -0.4 is 29.4 Å². The van der Waals surface area contributed by atoms with E-state index in [4.69, 9.17) is 43.1 Å². The molecule has 0 heterocycles. The summed E-state index contributed by atoms with van der Waals surface area (Å²) in [5, 5.41) is 0. The molecular weight excluding hydrogens is 341 g/mol. The minimum absolute atomic E-state index is 0. The second-order valence-electron chi connectivity index (χ2n) is 0.750. The quantitative estimate of drug-likeness (QED) is 0.385. The average molecular weight is 344 g/mol. The average Bonchev–Trinajstić information content (AvgIpc) is 1.54. The molecule has 0 N–H and O–H groups in total. The zero-order valence-corrected chi connectivity index (χ0v) is 11.5. The van der Waals surface area contributed by atoms with E-state index in [0.717, 1.165) is 0 Å². The molecule has 2 radical (unpaired) electrons. The third-order valence-electron chi connectivity index (χ3n) is 0. The van der Waals surface area contributed by atoms with Gasteiger partial charge >= 0.3 is 34.7 Å². The first kappa shape index (κ1) is 29.6. The van der Waals surface area contributed by atoms with Gasteiger partial charge in [0.1, 0.15) is 0 Å². The van der Waals surface area contributed by atoms with Gasteiger partial charge in [0.25, 0.3) is 0 Å². The summed E-state index contributed by atoms with van der Waals surface area (Å²) in [6.45, 7) is 0. The zero-order chi connectivity index (χ0) is 10.7. The molecule has 9 nitrogen and oxygen atoms in total. The maximum absolute atomic E-state index is 8.52. The van der Waals surface area contributed by atoms with Gasteiger partial charge in [-0.25, -0.2) is 0 Å². The fraction of sp³-hybridized carbons (Fsp3) is 0. The third-order valence-corrected chi connectivity index (χ3v) is 0. The van der Waals surface area contributed by atoms with Crippen LogP contribution in [0.4, 0.5) is 0 Å². The van der Waals surface area contributed by atoms with Gasteiger partial charge in [0.15, 0.2) is 0 Å². The molecule has 0 amide bonds. The number of hydrogen-bond acceptors (Lipinski definition) is 9. The fourth-order valence-corrected chi connectivity index (χ4v) is 0. The second kappa shape index (κ2) is 24.0. The molecule has 14 heavy (non-hydrogen) atoms. The molecule has 0 rings (SSSR count). The van der Waals surface area contributed by atoms with E-state index in [1.807, 2.05) is 0 Å². The topological polar surface area (TPSA) is 190 Å². The van der Waals surface area contributed by atoms with Crippen molar-refractivity contribution in [1.29, 1.82) is 0 Å². The van der Waals surface area contributed by atoms with Crippen LogP contribution >= 0.6 is 24.8 Å². The molecule has 0 aliphatic heterocycles. The normalized spacial score (nSPS) is 7.50. The van der Waals surface area contributed by atoms with Crippen LogP contribution in [0.15, 0.2) is 0 Å². The van der Waals surface area contributed by atoms with Crippen molar-refractivity contribution in [2.75, 3.05) is 0 Å². The van der Waals surface area contributed by atoms with Crippen molar-refractivity contribution in [3.05, 3.63) is 0 Å². The van der Waals surface area contributed by atoms with Gasteiger partial charge in [-0.15, -0.1) is 0 Å². The van der Waals surface area contributed by atoms with E-state index in [-0.39, 0.29) is 34.7 Å². The molecule has 0 unspecified atom stereocenters. The Morgan fingerprint density at radius 1 is 0.500 bits per heavy atom. The minimum Gasteiger partial charge on any atom is -0.813 e. The van der Waals surface area contributed by atoms with Crippen molar-refractivity contribution in [2.45, 2.75) is 0 Å². The van der Waals surface area contributed by atoms with E-state index in [0.29, 0.717) is 0 Å². The Labute approximate surface area is 103 Å². The summed E-state index contributed by atoms with van der Waals surface area (Å²) in [5.41, 5.74) is 0. The van der Waals surface area contributed by atoms with E-state index in [9.17, 15) is 0 Å². The van der Waals surface area contributed by atoms with Gasteiger partial charge in [0.2, 0.25) is 0 Å². The molecule has 0 saturated carbocycles. The molecule has 0 aromatic heterocycles. The largest absolute Gasteiger partial charge is 3.00 e. The second-order valence-corrected chi connectivity index (χ2v) is 2.25. The molecular formula is H3Cr2O9P3. The minimum atomic E-state index is -3.63. The Kier molecular flexibility index (Phi) is 50.6. The zero-order valence-electron chi connectivity index (χ0n) is 5.99. The maximum atomic E-state index is 8.52. The van der Waals surface area contributed by atoms with E-state index < -0.39 is 24.8 Å². The van der Waals surface area contributed by atoms with Crippen LogP contribution in [0, 0.1) is 0 Å². The van der Waals surface area contributed by atoms with Crippen molar-refractivity contribution in [2.24, 2.45) is 0 Å². The molecule has 0 fully saturated rings. The molecule has 0 spiro atoms. The third kappa shape index (κ3) is 922. The SMILES string of the molecule is O=[PH]([O-])[O-].O=[PH]([O-])[O-].O=[PH]([O-])[O-].[Cr+3].[Cr+3]. The van der Waals surface area contributed by atoms with Gasteiger partial charge in [-0.05, 0) is 0 Å². The van der Waals surface area contributed by atoms with Crippen LogP contribution in [0.25, 0.3) is 0 Å². The Morgan fingerprint density at radius 2 is 0.500 bits per heavy atom. The Bertz CT molecular complexity index is 116. The first-order valence-corrected chi connectivity index (χ1v) is 5.51. The van der Waals surface area contributed by atoms with Gasteiger partial charge in [-0.3, -0.25) is 0 Å². The van der Waals surface area contributed by atoms with Gasteiger partial charge in [-0.2, -0.15) is 0 Å². The van der Waals surface area contributed by atoms with Crippen molar-refractivity contribution >= 4 is 24.8 Å². The van der Waals surface area contributed by atoms with Crippen molar-refractivity contribution in [1.82, 2.24) is 0 Å². The molecule has 0 aromatic rings. The van der Waals surface area contributed by atoms with Crippen LogP contribution in [0.5, 0.6) is 0 Å². The summed E-state index contributed by atoms with van der Waals surface area (Å²) < 4.78 is 25.6. The van der Waals surface area contributed by atoms with Crippen LogP contribution in [0.1, 0.15) is 0 Å². The van der Waals surface area contributed by atoms with E-state index in [1.165, 1.54) is 0 Å².